The first-order chi connectivity index (χ1) is 10.4. The zero-order chi connectivity index (χ0) is 16.3. The maximum absolute atomic E-state index is 12.3. The Kier molecular flexibility index (Phi) is 4.61. The fourth-order valence-electron chi connectivity index (χ4n) is 2.19. The van der Waals surface area contributed by atoms with Crippen molar-refractivity contribution in [2.75, 3.05) is 0 Å². The van der Waals surface area contributed by atoms with Gasteiger partial charge in [-0.2, -0.15) is 0 Å². The number of hydrogen-bond donors (Lipinski definition) is 2. The van der Waals surface area contributed by atoms with E-state index >= 15 is 0 Å². The summed E-state index contributed by atoms with van der Waals surface area (Å²) in [7, 11) is 0. The van der Waals surface area contributed by atoms with E-state index < -0.39 is 0 Å². The van der Waals surface area contributed by atoms with E-state index in [-0.39, 0.29) is 17.8 Å². The monoisotopic (exact) mass is 295 g/mol. The highest BCUT2D eigenvalue weighted by Gasteiger charge is 2.14. The second kappa shape index (κ2) is 6.43. The van der Waals surface area contributed by atoms with Gasteiger partial charge in [0.05, 0.1) is 16.7 Å². The second-order valence-corrected chi connectivity index (χ2v) is 5.34. The molecule has 1 heterocycles. The predicted molar refractivity (Wildman–Crippen MR) is 90.5 cm³/mol. The first-order valence-electron chi connectivity index (χ1n) is 7.20. The van der Waals surface area contributed by atoms with Crippen molar-refractivity contribution in [3.8, 4) is 0 Å². The SMILES string of the molecule is C=C(C)c1cccc([C@@H](C)NC(=O)c2n/c(=C/C)c(=C)[nH]2)c1. The normalized spacial score (nSPS) is 13.0. The summed E-state index contributed by atoms with van der Waals surface area (Å²) in [5, 5.41) is 4.28. The molecule has 0 aliphatic heterocycles. The van der Waals surface area contributed by atoms with Crippen LogP contribution in [0.5, 0.6) is 0 Å². The van der Waals surface area contributed by atoms with Crippen LogP contribution >= 0.6 is 0 Å². The lowest BCUT2D eigenvalue weighted by Crippen LogP contribution is -2.28. The van der Waals surface area contributed by atoms with Gasteiger partial charge in [-0.15, -0.1) is 0 Å². The number of carbonyl (C=O) groups excluding carboxylic acids is 1. The Morgan fingerprint density at radius 1 is 1.45 bits per heavy atom. The smallest absolute Gasteiger partial charge is 0.287 e. The molecule has 0 bridgehead atoms. The topological polar surface area (TPSA) is 57.8 Å². The lowest BCUT2D eigenvalue weighted by Gasteiger charge is -2.14. The standard InChI is InChI=1S/C18H21N3O/c1-6-16-13(5)19-17(21-16)18(22)20-12(4)15-9-7-8-14(10-15)11(2)3/h6-10,12H,2,5H2,1,3-4H3,(H,19,21)(H,20,22)/b16-6+/t12-/m1/s1. The molecule has 1 aromatic heterocycles. The first-order valence-corrected chi connectivity index (χ1v) is 7.20. The minimum absolute atomic E-state index is 0.126. The average molecular weight is 295 g/mol. The van der Waals surface area contributed by atoms with Gasteiger partial charge in [-0.05, 0) is 38.0 Å². The highest BCUT2D eigenvalue weighted by Crippen LogP contribution is 2.18. The number of carbonyl (C=O) groups is 1. The van der Waals surface area contributed by atoms with Crippen molar-refractivity contribution >= 4 is 24.1 Å². The van der Waals surface area contributed by atoms with Crippen LogP contribution in [0, 0.1) is 0 Å². The molecule has 0 radical (unpaired) electrons. The number of benzene rings is 1. The molecule has 1 atom stereocenters. The van der Waals surface area contributed by atoms with Crippen molar-refractivity contribution in [1.29, 1.82) is 0 Å². The van der Waals surface area contributed by atoms with Gasteiger partial charge >= 0.3 is 0 Å². The van der Waals surface area contributed by atoms with Gasteiger partial charge in [0.15, 0.2) is 5.82 Å². The molecule has 0 fully saturated rings. The van der Waals surface area contributed by atoms with Crippen LogP contribution < -0.4 is 16.0 Å². The molecule has 1 aromatic carbocycles. The molecular formula is C18H21N3O. The lowest BCUT2D eigenvalue weighted by molar-refractivity contribution is 0.0930. The van der Waals surface area contributed by atoms with Crippen LogP contribution in [0.3, 0.4) is 0 Å². The number of aromatic amines is 1. The Labute approximate surface area is 130 Å². The summed E-state index contributed by atoms with van der Waals surface area (Å²) in [6.45, 7) is 13.5. The van der Waals surface area contributed by atoms with Crippen molar-refractivity contribution in [3.05, 3.63) is 58.5 Å². The number of nitrogens with one attached hydrogen (secondary N) is 2. The Hall–Kier alpha value is -2.62. The first kappa shape index (κ1) is 15.8. The molecule has 0 spiro atoms. The maximum Gasteiger partial charge on any atom is 0.287 e. The summed E-state index contributed by atoms with van der Waals surface area (Å²) in [6, 6.07) is 7.86. The summed E-state index contributed by atoms with van der Waals surface area (Å²) in [4.78, 5) is 19.4. The Morgan fingerprint density at radius 2 is 2.18 bits per heavy atom. The number of hydrogen-bond acceptors (Lipinski definition) is 2. The predicted octanol–water partition coefficient (Wildman–Crippen LogP) is 2.14. The number of amides is 1. The van der Waals surface area contributed by atoms with Gasteiger partial charge in [0.1, 0.15) is 0 Å². The minimum atomic E-state index is -0.244. The number of aromatic nitrogens is 2. The summed E-state index contributed by atoms with van der Waals surface area (Å²) >= 11 is 0. The highest BCUT2D eigenvalue weighted by atomic mass is 16.2. The van der Waals surface area contributed by atoms with Crippen molar-refractivity contribution in [1.82, 2.24) is 15.3 Å². The van der Waals surface area contributed by atoms with E-state index in [4.69, 9.17) is 0 Å². The third kappa shape index (κ3) is 3.34. The molecule has 4 nitrogen and oxygen atoms in total. The van der Waals surface area contributed by atoms with Gasteiger partial charge in [0, 0.05) is 0 Å². The van der Waals surface area contributed by atoms with Gasteiger partial charge < -0.3 is 10.3 Å². The van der Waals surface area contributed by atoms with E-state index in [2.05, 4.69) is 28.4 Å². The van der Waals surface area contributed by atoms with Crippen LogP contribution in [0.2, 0.25) is 0 Å². The number of nitrogens with zero attached hydrogens (tertiary/aromatic N) is 1. The number of allylic oxidation sites excluding steroid dienone is 1. The quantitative estimate of drug-likeness (QED) is 0.908. The van der Waals surface area contributed by atoms with E-state index in [1.54, 1.807) is 0 Å². The van der Waals surface area contributed by atoms with Crippen LogP contribution in [-0.4, -0.2) is 15.9 Å². The lowest BCUT2D eigenvalue weighted by atomic mass is 10.0. The minimum Gasteiger partial charge on any atom is -0.343 e. The van der Waals surface area contributed by atoms with Crippen LogP contribution in [0.4, 0.5) is 0 Å². The molecule has 2 rings (SSSR count). The van der Waals surface area contributed by atoms with Gasteiger partial charge in [0.2, 0.25) is 0 Å². The van der Waals surface area contributed by atoms with Crippen molar-refractivity contribution in [2.45, 2.75) is 26.8 Å². The molecule has 0 unspecified atom stereocenters. The van der Waals surface area contributed by atoms with E-state index in [1.165, 1.54) is 0 Å². The zero-order valence-corrected chi connectivity index (χ0v) is 13.2. The third-order valence-corrected chi connectivity index (χ3v) is 3.53. The molecule has 22 heavy (non-hydrogen) atoms. The summed E-state index contributed by atoms with van der Waals surface area (Å²) in [5.74, 6) is 0.0345. The Bertz CT molecular complexity index is 817. The van der Waals surface area contributed by atoms with Crippen molar-refractivity contribution in [2.24, 2.45) is 0 Å². The fourth-order valence-corrected chi connectivity index (χ4v) is 2.19. The van der Waals surface area contributed by atoms with Crippen molar-refractivity contribution in [3.63, 3.8) is 0 Å². The average Bonchev–Trinajstić information content (AvgIpc) is 2.88. The number of imidazole rings is 1. The summed E-state index contributed by atoms with van der Waals surface area (Å²) in [6.07, 6.45) is 1.81. The Morgan fingerprint density at radius 3 is 2.77 bits per heavy atom. The van der Waals surface area contributed by atoms with Gasteiger partial charge in [-0.1, -0.05) is 43.0 Å². The molecule has 1 amide bonds. The largest absolute Gasteiger partial charge is 0.343 e. The van der Waals surface area contributed by atoms with E-state index in [0.717, 1.165) is 16.7 Å². The molecule has 4 heteroatoms. The summed E-state index contributed by atoms with van der Waals surface area (Å²) in [5.41, 5.74) is 3.09. The molecule has 2 aromatic rings. The second-order valence-electron chi connectivity index (χ2n) is 5.34. The fraction of sp³-hybridized carbons (Fsp3) is 0.222. The molecule has 0 saturated heterocycles. The Balaban J connectivity index is 2.19. The van der Waals surface area contributed by atoms with E-state index in [0.29, 0.717) is 10.7 Å². The third-order valence-electron chi connectivity index (χ3n) is 3.53. The molecule has 0 saturated carbocycles. The van der Waals surface area contributed by atoms with Gasteiger partial charge in [-0.3, -0.25) is 4.79 Å². The van der Waals surface area contributed by atoms with Crippen LogP contribution in [0.1, 0.15) is 48.6 Å². The number of H-pyrrole nitrogens is 1. The van der Waals surface area contributed by atoms with E-state index in [1.807, 2.05) is 51.1 Å². The maximum atomic E-state index is 12.3. The number of rotatable bonds is 4. The zero-order valence-electron chi connectivity index (χ0n) is 13.2. The van der Waals surface area contributed by atoms with Crippen LogP contribution in [0.15, 0.2) is 30.8 Å². The molecule has 0 aliphatic carbocycles. The van der Waals surface area contributed by atoms with Gasteiger partial charge in [-0.25, -0.2) is 4.98 Å². The van der Waals surface area contributed by atoms with E-state index in [9.17, 15) is 4.79 Å². The molecule has 0 aliphatic rings. The highest BCUT2D eigenvalue weighted by molar-refractivity contribution is 5.90. The van der Waals surface area contributed by atoms with Gasteiger partial charge in [0.25, 0.3) is 5.91 Å². The summed E-state index contributed by atoms with van der Waals surface area (Å²) < 4.78 is 0. The van der Waals surface area contributed by atoms with Crippen LogP contribution in [-0.2, 0) is 0 Å². The molecule has 114 valence electrons. The molecule has 2 N–H and O–H groups in total. The van der Waals surface area contributed by atoms with Crippen LogP contribution in [0.25, 0.3) is 18.2 Å². The van der Waals surface area contributed by atoms with Crippen molar-refractivity contribution < 1.29 is 4.79 Å². The molecular weight excluding hydrogens is 274 g/mol.